The summed E-state index contributed by atoms with van der Waals surface area (Å²) in [5.41, 5.74) is 0. The van der Waals surface area contributed by atoms with Crippen LogP contribution in [-0.2, 0) is 10.0 Å². The molecule has 1 heterocycles. The highest BCUT2D eigenvalue weighted by Crippen LogP contribution is 2.27. The quantitative estimate of drug-likeness (QED) is 0.810. The number of rotatable bonds is 3. The Morgan fingerprint density at radius 3 is 2.54 bits per heavy atom. The molecule has 0 fully saturated rings. The normalized spacial score (nSPS) is 12.3. The molecule has 0 spiro atoms. The van der Waals surface area contributed by atoms with Crippen LogP contribution in [0, 0.1) is 0 Å². The molecule has 0 aliphatic rings. The Bertz CT molecular complexity index is 385. The van der Waals surface area contributed by atoms with Crippen LogP contribution >= 0.6 is 22.9 Å². The van der Waals surface area contributed by atoms with E-state index < -0.39 is 10.0 Å². The molecule has 0 radical (unpaired) electrons. The number of hydrogen-bond acceptors (Lipinski definition) is 3. The fraction of sp³-hybridized carbons (Fsp3) is 0.429. The summed E-state index contributed by atoms with van der Waals surface area (Å²) in [6, 6.07) is 3.11. The minimum atomic E-state index is -3.30. The van der Waals surface area contributed by atoms with Crippen molar-refractivity contribution in [2.45, 2.75) is 11.1 Å². The van der Waals surface area contributed by atoms with Crippen LogP contribution in [0.4, 0.5) is 0 Å². The van der Waals surface area contributed by atoms with Crippen molar-refractivity contribution in [3.63, 3.8) is 0 Å². The van der Waals surface area contributed by atoms with Crippen LogP contribution in [0.25, 0.3) is 0 Å². The molecule has 1 aromatic rings. The monoisotopic (exact) mass is 239 g/mol. The number of hydrogen-bond donors (Lipinski definition) is 0. The molecule has 0 aromatic carbocycles. The van der Waals surface area contributed by atoms with Gasteiger partial charge in [0.2, 0.25) is 0 Å². The number of thiophene rings is 1. The highest BCUT2D eigenvalue weighted by Gasteiger charge is 2.20. The Labute approximate surface area is 87.0 Å². The van der Waals surface area contributed by atoms with Gasteiger partial charge in [0.15, 0.2) is 0 Å². The zero-order chi connectivity index (χ0) is 10.1. The van der Waals surface area contributed by atoms with Gasteiger partial charge >= 0.3 is 0 Å². The Hall–Kier alpha value is -0.100. The van der Waals surface area contributed by atoms with E-state index in [1.54, 1.807) is 20.0 Å². The molecule has 74 valence electrons. The van der Waals surface area contributed by atoms with Crippen LogP contribution < -0.4 is 0 Å². The van der Waals surface area contributed by atoms with Gasteiger partial charge in [0.1, 0.15) is 4.21 Å². The van der Waals surface area contributed by atoms with Gasteiger partial charge in [-0.1, -0.05) is 18.5 Å². The number of nitrogens with zero attached hydrogens (tertiary/aromatic N) is 1. The lowest BCUT2D eigenvalue weighted by atomic mass is 10.7. The fourth-order valence-corrected chi connectivity index (χ4v) is 3.63. The smallest absolute Gasteiger partial charge is 0.206 e. The number of halogens is 1. The van der Waals surface area contributed by atoms with Crippen molar-refractivity contribution < 1.29 is 8.42 Å². The molecule has 0 unspecified atom stereocenters. The summed E-state index contributed by atoms with van der Waals surface area (Å²) < 4.78 is 25.4. The van der Waals surface area contributed by atoms with Crippen molar-refractivity contribution >= 4 is 33.0 Å². The lowest BCUT2D eigenvalue weighted by Crippen LogP contribution is -2.25. The van der Waals surface area contributed by atoms with Gasteiger partial charge in [0.25, 0.3) is 10.0 Å². The van der Waals surface area contributed by atoms with Crippen molar-refractivity contribution in [3.05, 3.63) is 16.5 Å². The Balaban J connectivity index is 3.08. The lowest BCUT2D eigenvalue weighted by Gasteiger charge is -2.12. The summed E-state index contributed by atoms with van der Waals surface area (Å²) in [5.74, 6) is 0. The summed E-state index contributed by atoms with van der Waals surface area (Å²) in [4.78, 5) is 0. The molecule has 0 aliphatic heterocycles. The second kappa shape index (κ2) is 3.96. The molecule has 1 aromatic heterocycles. The Morgan fingerprint density at radius 2 is 2.15 bits per heavy atom. The van der Waals surface area contributed by atoms with Gasteiger partial charge in [-0.05, 0) is 12.1 Å². The van der Waals surface area contributed by atoms with E-state index in [2.05, 4.69) is 0 Å². The van der Waals surface area contributed by atoms with Crippen molar-refractivity contribution in [3.8, 4) is 0 Å². The maximum absolute atomic E-state index is 11.7. The summed E-state index contributed by atoms with van der Waals surface area (Å²) in [6.45, 7) is 2.24. The third kappa shape index (κ3) is 2.22. The average molecular weight is 240 g/mol. The van der Waals surface area contributed by atoms with Crippen molar-refractivity contribution in [1.29, 1.82) is 0 Å². The topological polar surface area (TPSA) is 37.4 Å². The molecular weight excluding hydrogens is 230 g/mol. The number of sulfonamides is 1. The van der Waals surface area contributed by atoms with E-state index in [1.165, 1.54) is 10.4 Å². The average Bonchev–Trinajstić information content (AvgIpc) is 2.50. The molecular formula is C7H10ClNO2S2. The van der Waals surface area contributed by atoms with Gasteiger partial charge in [-0.15, -0.1) is 11.3 Å². The zero-order valence-electron chi connectivity index (χ0n) is 7.32. The molecule has 0 saturated carbocycles. The second-order valence-electron chi connectivity index (χ2n) is 2.48. The van der Waals surface area contributed by atoms with E-state index in [0.29, 0.717) is 15.1 Å². The van der Waals surface area contributed by atoms with Gasteiger partial charge in [-0.2, -0.15) is 0 Å². The van der Waals surface area contributed by atoms with Crippen molar-refractivity contribution in [2.75, 3.05) is 13.6 Å². The summed E-state index contributed by atoms with van der Waals surface area (Å²) in [6.07, 6.45) is 0. The van der Waals surface area contributed by atoms with E-state index in [-0.39, 0.29) is 0 Å². The van der Waals surface area contributed by atoms with E-state index in [1.807, 2.05) is 0 Å². The standard InChI is InChI=1S/C7H10ClNO2S2/c1-3-9(2)13(10,11)7-5-4-6(8)12-7/h4-5H,3H2,1-2H3. The van der Waals surface area contributed by atoms with Crippen molar-refractivity contribution in [1.82, 2.24) is 4.31 Å². The molecule has 0 bridgehead atoms. The summed E-state index contributed by atoms with van der Waals surface area (Å²) >= 11 is 6.72. The van der Waals surface area contributed by atoms with Crippen LogP contribution in [-0.4, -0.2) is 26.3 Å². The second-order valence-corrected chi connectivity index (χ2v) is 6.46. The van der Waals surface area contributed by atoms with Crippen LogP contribution in [0.15, 0.2) is 16.3 Å². The molecule has 0 atom stereocenters. The predicted molar refractivity (Wildman–Crippen MR) is 54.8 cm³/mol. The molecule has 0 N–H and O–H groups in total. The summed E-state index contributed by atoms with van der Waals surface area (Å²) in [7, 11) is -1.76. The molecule has 6 heteroatoms. The minimum absolute atomic E-state index is 0.293. The first kappa shape index (κ1) is 11.0. The van der Waals surface area contributed by atoms with Crippen molar-refractivity contribution in [2.24, 2.45) is 0 Å². The molecule has 1 rings (SSSR count). The Kier molecular flexibility index (Phi) is 3.34. The third-order valence-electron chi connectivity index (χ3n) is 1.66. The maximum Gasteiger partial charge on any atom is 0.252 e. The predicted octanol–water partition coefficient (Wildman–Crippen LogP) is 2.04. The fourth-order valence-electron chi connectivity index (χ4n) is 0.760. The van der Waals surface area contributed by atoms with Gasteiger partial charge in [0, 0.05) is 13.6 Å². The van der Waals surface area contributed by atoms with Crippen LogP contribution in [0.3, 0.4) is 0 Å². The van der Waals surface area contributed by atoms with E-state index in [4.69, 9.17) is 11.6 Å². The largest absolute Gasteiger partial charge is 0.252 e. The first-order chi connectivity index (χ1) is 5.98. The first-order valence-electron chi connectivity index (χ1n) is 3.70. The first-order valence-corrected chi connectivity index (χ1v) is 6.33. The molecule has 0 saturated heterocycles. The van der Waals surface area contributed by atoms with E-state index in [0.717, 1.165) is 11.3 Å². The van der Waals surface area contributed by atoms with Gasteiger partial charge in [-0.3, -0.25) is 0 Å². The zero-order valence-corrected chi connectivity index (χ0v) is 9.71. The van der Waals surface area contributed by atoms with Crippen LogP contribution in [0.2, 0.25) is 4.34 Å². The molecule has 13 heavy (non-hydrogen) atoms. The SMILES string of the molecule is CCN(C)S(=O)(=O)c1ccc(Cl)s1. The lowest BCUT2D eigenvalue weighted by molar-refractivity contribution is 0.488. The summed E-state index contributed by atoms with van der Waals surface area (Å²) in [5, 5.41) is 0. The maximum atomic E-state index is 11.7. The van der Waals surface area contributed by atoms with E-state index >= 15 is 0 Å². The molecule has 0 aliphatic carbocycles. The van der Waals surface area contributed by atoms with Crippen LogP contribution in [0.1, 0.15) is 6.92 Å². The third-order valence-corrected chi connectivity index (χ3v) is 5.29. The van der Waals surface area contributed by atoms with Gasteiger partial charge < -0.3 is 0 Å². The molecule has 0 amide bonds. The van der Waals surface area contributed by atoms with Gasteiger partial charge in [-0.25, -0.2) is 12.7 Å². The minimum Gasteiger partial charge on any atom is -0.206 e. The molecule has 3 nitrogen and oxygen atoms in total. The highest BCUT2D eigenvalue weighted by atomic mass is 35.5. The Morgan fingerprint density at radius 1 is 1.54 bits per heavy atom. The van der Waals surface area contributed by atoms with Crippen LogP contribution in [0.5, 0.6) is 0 Å². The highest BCUT2D eigenvalue weighted by molar-refractivity contribution is 7.91. The van der Waals surface area contributed by atoms with Gasteiger partial charge in [0.05, 0.1) is 4.34 Å². The van der Waals surface area contributed by atoms with E-state index in [9.17, 15) is 8.42 Å².